The van der Waals surface area contributed by atoms with Gasteiger partial charge < -0.3 is 10.2 Å². The number of nitrogens with one attached hydrogen (secondary N) is 1. The van der Waals surface area contributed by atoms with Crippen molar-refractivity contribution in [3.8, 4) is 0 Å². The summed E-state index contributed by atoms with van der Waals surface area (Å²) < 4.78 is 26.6. The maximum Gasteiger partial charge on any atom is 0.242 e. The van der Waals surface area contributed by atoms with Gasteiger partial charge in [-0.05, 0) is 75.8 Å². The minimum Gasteiger partial charge on any atom is -0.352 e. The lowest BCUT2D eigenvalue weighted by Gasteiger charge is -2.31. The van der Waals surface area contributed by atoms with Crippen molar-refractivity contribution in [1.29, 1.82) is 0 Å². The molecule has 2 aromatic carbocycles. The summed E-state index contributed by atoms with van der Waals surface area (Å²) in [6.45, 7) is 8.17. The molecule has 2 amide bonds. The zero-order chi connectivity index (χ0) is 27.9. The number of aryl methyl sites for hydroxylation is 3. The van der Waals surface area contributed by atoms with Gasteiger partial charge in [-0.25, -0.2) is 8.42 Å². The van der Waals surface area contributed by atoms with E-state index >= 15 is 0 Å². The van der Waals surface area contributed by atoms with Crippen LogP contribution in [0, 0.1) is 20.8 Å². The molecular formula is C30H43N3O4S. The van der Waals surface area contributed by atoms with Gasteiger partial charge in [0, 0.05) is 25.6 Å². The molecule has 3 rings (SSSR count). The molecule has 0 bridgehead atoms. The van der Waals surface area contributed by atoms with Gasteiger partial charge in [0.05, 0.1) is 11.9 Å². The van der Waals surface area contributed by atoms with Crippen LogP contribution in [0.3, 0.4) is 0 Å². The second-order valence-electron chi connectivity index (χ2n) is 10.8. The quantitative estimate of drug-likeness (QED) is 0.433. The van der Waals surface area contributed by atoms with Crippen LogP contribution in [0.15, 0.2) is 42.5 Å². The van der Waals surface area contributed by atoms with Gasteiger partial charge in [0.2, 0.25) is 21.8 Å². The number of carbonyl (C=O) groups is 2. The number of hydrogen-bond acceptors (Lipinski definition) is 4. The predicted octanol–water partition coefficient (Wildman–Crippen LogP) is 5.02. The highest BCUT2D eigenvalue weighted by Crippen LogP contribution is 2.23. The van der Waals surface area contributed by atoms with E-state index in [1.54, 1.807) is 11.8 Å². The summed E-state index contributed by atoms with van der Waals surface area (Å²) in [6, 6.07) is 13.2. The Hall–Kier alpha value is -2.87. The Morgan fingerprint density at radius 1 is 0.947 bits per heavy atom. The standard InChI is InChI=1S/C30H43N3O4S/c1-22-13-15-26(16-14-22)21-32(25(4)30(35)31-27-10-7-6-8-11-27)29(34)12-9-17-33(38(5,36)37)28-19-23(2)18-24(3)20-28/h13-16,18-20,25,27H,6-12,17,21H2,1-5H3,(H,31,35). The largest absolute Gasteiger partial charge is 0.352 e. The van der Waals surface area contributed by atoms with Crippen molar-refractivity contribution in [2.45, 2.75) is 91.3 Å². The smallest absolute Gasteiger partial charge is 0.242 e. The number of rotatable bonds is 11. The lowest BCUT2D eigenvalue weighted by Crippen LogP contribution is -2.50. The first-order chi connectivity index (χ1) is 17.9. The molecule has 1 saturated carbocycles. The molecule has 1 unspecified atom stereocenters. The zero-order valence-corrected chi connectivity index (χ0v) is 24.3. The van der Waals surface area contributed by atoms with E-state index in [1.165, 1.54) is 17.0 Å². The fourth-order valence-corrected chi connectivity index (χ4v) is 6.09. The zero-order valence-electron chi connectivity index (χ0n) is 23.5. The summed E-state index contributed by atoms with van der Waals surface area (Å²) in [7, 11) is -3.52. The topological polar surface area (TPSA) is 86.8 Å². The van der Waals surface area contributed by atoms with E-state index in [0.717, 1.165) is 47.9 Å². The maximum atomic E-state index is 13.5. The number of benzene rings is 2. The fourth-order valence-electron chi connectivity index (χ4n) is 5.14. The van der Waals surface area contributed by atoms with Gasteiger partial charge in [0.15, 0.2) is 0 Å². The van der Waals surface area contributed by atoms with Gasteiger partial charge in [-0.2, -0.15) is 0 Å². The Labute approximate surface area is 228 Å². The van der Waals surface area contributed by atoms with Gasteiger partial charge in [-0.15, -0.1) is 0 Å². The van der Waals surface area contributed by atoms with Crippen molar-refractivity contribution in [3.63, 3.8) is 0 Å². The average molecular weight is 542 g/mol. The molecule has 7 nitrogen and oxygen atoms in total. The minimum absolute atomic E-state index is 0.134. The van der Waals surface area contributed by atoms with Crippen LogP contribution in [-0.2, 0) is 26.2 Å². The van der Waals surface area contributed by atoms with E-state index < -0.39 is 16.1 Å². The molecule has 1 N–H and O–H groups in total. The van der Waals surface area contributed by atoms with E-state index in [1.807, 2.05) is 63.2 Å². The molecule has 208 valence electrons. The van der Waals surface area contributed by atoms with Crippen LogP contribution in [-0.4, -0.2) is 50.0 Å². The summed E-state index contributed by atoms with van der Waals surface area (Å²) in [6.07, 6.45) is 7.06. The van der Waals surface area contributed by atoms with Gasteiger partial charge in [0.1, 0.15) is 6.04 Å². The first kappa shape index (κ1) is 29.7. The third-order valence-corrected chi connectivity index (χ3v) is 8.43. The second-order valence-corrected chi connectivity index (χ2v) is 12.7. The molecule has 0 heterocycles. The molecule has 8 heteroatoms. The average Bonchev–Trinajstić information content (AvgIpc) is 2.85. The Morgan fingerprint density at radius 2 is 1.55 bits per heavy atom. The predicted molar refractivity (Wildman–Crippen MR) is 154 cm³/mol. The van der Waals surface area contributed by atoms with Crippen LogP contribution >= 0.6 is 0 Å². The third-order valence-electron chi connectivity index (χ3n) is 7.24. The van der Waals surface area contributed by atoms with E-state index in [-0.39, 0.29) is 30.8 Å². The molecule has 2 aromatic rings. The molecule has 1 aliphatic carbocycles. The summed E-state index contributed by atoms with van der Waals surface area (Å²) in [5, 5.41) is 3.15. The van der Waals surface area contributed by atoms with E-state index in [4.69, 9.17) is 0 Å². The lowest BCUT2D eigenvalue weighted by molar-refractivity contribution is -0.141. The highest BCUT2D eigenvalue weighted by Gasteiger charge is 2.28. The molecule has 1 atom stereocenters. The molecule has 38 heavy (non-hydrogen) atoms. The Kier molecular flexibility index (Phi) is 10.4. The monoisotopic (exact) mass is 541 g/mol. The van der Waals surface area contributed by atoms with Gasteiger partial charge >= 0.3 is 0 Å². The van der Waals surface area contributed by atoms with Crippen LogP contribution in [0.2, 0.25) is 0 Å². The summed E-state index contributed by atoms with van der Waals surface area (Å²) in [5.41, 5.74) is 4.64. The summed E-state index contributed by atoms with van der Waals surface area (Å²) in [5.74, 6) is -0.295. The van der Waals surface area contributed by atoms with E-state index in [0.29, 0.717) is 18.7 Å². The fraction of sp³-hybridized carbons (Fsp3) is 0.533. The van der Waals surface area contributed by atoms with Crippen molar-refractivity contribution in [1.82, 2.24) is 10.2 Å². The highest BCUT2D eigenvalue weighted by molar-refractivity contribution is 7.92. The van der Waals surface area contributed by atoms with Crippen molar-refractivity contribution >= 4 is 27.5 Å². The first-order valence-electron chi connectivity index (χ1n) is 13.7. The SMILES string of the molecule is Cc1ccc(CN(C(=O)CCCN(c2cc(C)cc(C)c2)S(C)(=O)=O)C(C)C(=O)NC2CCCCC2)cc1. The normalized spacial score (nSPS) is 15.1. The number of hydrogen-bond donors (Lipinski definition) is 1. The third kappa shape index (κ3) is 8.58. The second kappa shape index (κ2) is 13.3. The van der Waals surface area contributed by atoms with Crippen LogP contribution in [0.4, 0.5) is 5.69 Å². The number of anilines is 1. The number of nitrogens with zero attached hydrogens (tertiary/aromatic N) is 2. The number of amides is 2. The molecule has 1 fully saturated rings. The van der Waals surface area contributed by atoms with Gasteiger partial charge in [0.25, 0.3) is 0 Å². The Bertz CT molecular complexity index is 1180. The highest BCUT2D eigenvalue weighted by atomic mass is 32.2. The van der Waals surface area contributed by atoms with Crippen LogP contribution < -0.4 is 9.62 Å². The van der Waals surface area contributed by atoms with Crippen molar-refractivity contribution in [2.75, 3.05) is 17.1 Å². The van der Waals surface area contributed by atoms with Crippen molar-refractivity contribution < 1.29 is 18.0 Å². The molecule has 0 saturated heterocycles. The molecule has 0 aliphatic heterocycles. The molecule has 1 aliphatic rings. The molecule has 0 spiro atoms. The first-order valence-corrected chi connectivity index (χ1v) is 15.5. The molecule has 0 radical (unpaired) electrons. The van der Waals surface area contributed by atoms with Crippen LogP contribution in [0.5, 0.6) is 0 Å². The number of carbonyl (C=O) groups excluding carboxylic acids is 2. The van der Waals surface area contributed by atoms with Crippen LogP contribution in [0.1, 0.15) is 74.1 Å². The minimum atomic E-state index is -3.52. The van der Waals surface area contributed by atoms with Crippen molar-refractivity contribution in [2.24, 2.45) is 0 Å². The number of sulfonamides is 1. The van der Waals surface area contributed by atoms with Gasteiger partial charge in [-0.3, -0.25) is 13.9 Å². The summed E-state index contributed by atoms with van der Waals surface area (Å²) >= 11 is 0. The Balaban J connectivity index is 1.72. The molecule has 0 aromatic heterocycles. The van der Waals surface area contributed by atoms with Gasteiger partial charge in [-0.1, -0.05) is 55.2 Å². The Morgan fingerprint density at radius 3 is 2.13 bits per heavy atom. The van der Waals surface area contributed by atoms with E-state index in [9.17, 15) is 18.0 Å². The van der Waals surface area contributed by atoms with E-state index in [2.05, 4.69) is 5.32 Å². The lowest BCUT2D eigenvalue weighted by atomic mass is 9.95. The molecular weight excluding hydrogens is 498 g/mol. The summed E-state index contributed by atoms with van der Waals surface area (Å²) in [4.78, 5) is 28.3. The maximum absolute atomic E-state index is 13.5. The van der Waals surface area contributed by atoms with Crippen molar-refractivity contribution in [3.05, 3.63) is 64.7 Å². The van der Waals surface area contributed by atoms with Crippen LogP contribution in [0.25, 0.3) is 0 Å².